The maximum absolute atomic E-state index is 13.4. The van der Waals surface area contributed by atoms with Crippen LogP contribution in [0.2, 0.25) is 0 Å². The molecule has 0 amide bonds. The second-order valence-electron chi connectivity index (χ2n) is 16.5. The molecule has 2 atom stereocenters. The van der Waals surface area contributed by atoms with Crippen LogP contribution in [0.4, 0.5) is 0 Å². The molecule has 0 radical (unpaired) electrons. The normalized spacial score (nSPS) is 15.2. The summed E-state index contributed by atoms with van der Waals surface area (Å²) in [6, 6.07) is 7.29. The average molecular weight is 764 g/mol. The van der Waals surface area contributed by atoms with E-state index in [1.807, 2.05) is 40.6 Å². The maximum Gasteiger partial charge on any atom is 0.190 e. The first-order valence-electron chi connectivity index (χ1n) is 21.4. The molecule has 3 nitrogen and oxygen atoms in total. The van der Waals surface area contributed by atoms with Crippen LogP contribution in [0.15, 0.2) is 70.7 Å². The fourth-order valence-corrected chi connectivity index (χ4v) is 9.51. The summed E-state index contributed by atoms with van der Waals surface area (Å²) in [6.07, 6.45) is 36.2. The highest BCUT2D eigenvalue weighted by Gasteiger charge is 2.28. The Bertz CT molecular complexity index is 1290. The van der Waals surface area contributed by atoms with E-state index in [4.69, 9.17) is 0 Å². The zero-order valence-electron chi connectivity index (χ0n) is 35.1. The summed E-state index contributed by atoms with van der Waals surface area (Å²) in [5, 5.41) is 0. The summed E-state index contributed by atoms with van der Waals surface area (Å²) in [5.74, 6) is 3.58. The molecule has 0 bridgehead atoms. The summed E-state index contributed by atoms with van der Waals surface area (Å²) in [4.78, 5) is 30.1. The molecule has 5 heteroatoms. The van der Waals surface area contributed by atoms with Gasteiger partial charge in [0.15, 0.2) is 11.6 Å². The standard InChI is InChI=1S/C48H77NO2S2/c1-39(2)27-24-28-40(3)29-25-30-41(4)31-26-32-43(35-36-44-42(5)47(50)45-33-20-21-34-46(45)48(44)51)53-52-38-23-19-17-15-13-11-9-8-10-12-14-16-18-22-37-49(6)7/h9-12,20-21,33-35,39-41H,8,13-19,22-32,36-38H2,1-7H3/b11-9-,12-10+,43-35+. The van der Waals surface area contributed by atoms with Crippen LogP contribution in [0.1, 0.15) is 184 Å². The zero-order chi connectivity index (χ0) is 38.7. The lowest BCUT2D eigenvalue weighted by Crippen LogP contribution is -2.20. The van der Waals surface area contributed by atoms with Crippen molar-refractivity contribution in [2.24, 2.45) is 17.8 Å². The lowest BCUT2D eigenvalue weighted by atomic mass is 9.83. The summed E-state index contributed by atoms with van der Waals surface area (Å²) >= 11 is 0. The Morgan fingerprint density at radius 1 is 0.679 bits per heavy atom. The number of allylic oxidation sites excluding steroid dienone is 8. The van der Waals surface area contributed by atoms with E-state index in [2.05, 4.69) is 77.1 Å². The van der Waals surface area contributed by atoms with E-state index in [0.717, 1.165) is 36.3 Å². The molecule has 0 N–H and O–H groups in total. The Labute approximate surface area is 335 Å². The third-order valence-electron chi connectivity index (χ3n) is 10.6. The molecule has 2 rings (SSSR count). The van der Waals surface area contributed by atoms with Gasteiger partial charge in [0, 0.05) is 28.0 Å². The number of carbonyl (C=O) groups excluding carboxylic acids is 2. The quantitative estimate of drug-likeness (QED) is 0.0428. The molecule has 0 spiro atoms. The van der Waals surface area contributed by atoms with Gasteiger partial charge in [0.1, 0.15) is 0 Å². The summed E-state index contributed by atoms with van der Waals surface area (Å²) in [6.45, 7) is 12.6. The largest absolute Gasteiger partial charge is 0.309 e. The Hall–Kier alpha value is -1.82. The van der Waals surface area contributed by atoms with Crippen molar-refractivity contribution in [2.75, 3.05) is 26.4 Å². The number of ketones is 2. The van der Waals surface area contributed by atoms with Gasteiger partial charge in [-0.2, -0.15) is 0 Å². The number of hydrogen-bond donors (Lipinski definition) is 0. The minimum absolute atomic E-state index is 0.000303. The topological polar surface area (TPSA) is 37.4 Å². The third kappa shape index (κ3) is 21.8. The van der Waals surface area contributed by atoms with Gasteiger partial charge in [-0.05, 0) is 114 Å². The Morgan fingerprint density at radius 2 is 1.25 bits per heavy atom. The highest BCUT2D eigenvalue weighted by molar-refractivity contribution is 8.78. The molecule has 0 saturated carbocycles. The molecule has 1 aromatic carbocycles. The minimum atomic E-state index is -0.000303. The fourth-order valence-electron chi connectivity index (χ4n) is 7.06. The highest BCUT2D eigenvalue weighted by atomic mass is 33.1. The highest BCUT2D eigenvalue weighted by Crippen LogP contribution is 2.37. The molecule has 0 heterocycles. The first kappa shape index (κ1) is 47.3. The molecule has 0 aromatic heterocycles. The van der Waals surface area contributed by atoms with Gasteiger partial charge in [-0.25, -0.2) is 0 Å². The van der Waals surface area contributed by atoms with Crippen LogP contribution in [-0.2, 0) is 0 Å². The zero-order valence-corrected chi connectivity index (χ0v) is 36.7. The molecule has 1 aliphatic carbocycles. The second kappa shape index (κ2) is 29.5. The summed E-state index contributed by atoms with van der Waals surface area (Å²) < 4.78 is 0. The van der Waals surface area contributed by atoms with Crippen molar-refractivity contribution < 1.29 is 9.59 Å². The lowest BCUT2D eigenvalue weighted by Gasteiger charge is -2.18. The van der Waals surface area contributed by atoms with E-state index >= 15 is 0 Å². The molecule has 1 aliphatic rings. The van der Waals surface area contributed by atoms with Gasteiger partial charge >= 0.3 is 0 Å². The van der Waals surface area contributed by atoms with Crippen molar-refractivity contribution in [1.82, 2.24) is 4.90 Å². The van der Waals surface area contributed by atoms with Crippen LogP contribution in [0.5, 0.6) is 0 Å². The van der Waals surface area contributed by atoms with E-state index in [9.17, 15) is 9.59 Å². The summed E-state index contributed by atoms with van der Waals surface area (Å²) in [5.41, 5.74) is 2.39. The van der Waals surface area contributed by atoms with Crippen LogP contribution < -0.4 is 0 Å². The monoisotopic (exact) mass is 764 g/mol. The van der Waals surface area contributed by atoms with Crippen molar-refractivity contribution in [1.29, 1.82) is 0 Å². The molecule has 2 unspecified atom stereocenters. The molecule has 298 valence electrons. The molecule has 53 heavy (non-hydrogen) atoms. The number of fused-ring (bicyclic) bond motifs is 1. The Morgan fingerprint density at radius 3 is 1.87 bits per heavy atom. The maximum atomic E-state index is 13.4. The van der Waals surface area contributed by atoms with Crippen molar-refractivity contribution >= 4 is 33.2 Å². The van der Waals surface area contributed by atoms with E-state index in [1.165, 1.54) is 121 Å². The molecule has 0 aliphatic heterocycles. The number of carbonyl (C=O) groups is 2. The predicted octanol–water partition coefficient (Wildman–Crippen LogP) is 15.1. The van der Waals surface area contributed by atoms with Gasteiger partial charge in [-0.1, -0.05) is 168 Å². The van der Waals surface area contributed by atoms with E-state index in [0.29, 0.717) is 28.7 Å². The van der Waals surface area contributed by atoms with Gasteiger partial charge in [-0.3, -0.25) is 9.59 Å². The first-order chi connectivity index (χ1) is 25.6. The fraction of sp³-hybridized carbons (Fsp3) is 0.667. The lowest BCUT2D eigenvalue weighted by molar-refractivity contribution is 0.0973. The number of nitrogens with zero attached hydrogens (tertiary/aromatic N) is 1. The minimum Gasteiger partial charge on any atom is -0.309 e. The first-order valence-corrected chi connectivity index (χ1v) is 23.7. The van der Waals surface area contributed by atoms with Crippen LogP contribution in [-0.4, -0.2) is 42.9 Å². The van der Waals surface area contributed by atoms with Gasteiger partial charge in [0.25, 0.3) is 0 Å². The van der Waals surface area contributed by atoms with Gasteiger partial charge < -0.3 is 4.90 Å². The SMILES string of the molecule is CC1=C(C/C=C(\CCCC(C)CCCC(C)CCCC(C)C)SSCCCCCC/C=C\C/C=C/CCCCCN(C)C)C(=O)c2ccccc2C1=O. The van der Waals surface area contributed by atoms with Crippen LogP contribution in [0.25, 0.3) is 0 Å². The summed E-state index contributed by atoms with van der Waals surface area (Å²) in [7, 11) is 8.17. The van der Waals surface area contributed by atoms with E-state index in [1.54, 1.807) is 12.1 Å². The molecular formula is C48H77NO2S2. The molecule has 0 saturated heterocycles. The van der Waals surface area contributed by atoms with Crippen LogP contribution in [0.3, 0.4) is 0 Å². The Kier molecular flexibility index (Phi) is 26.3. The van der Waals surface area contributed by atoms with Crippen molar-refractivity contribution in [3.63, 3.8) is 0 Å². The number of Topliss-reactive ketones (excluding diaryl/α,β-unsaturated/α-hetero) is 2. The van der Waals surface area contributed by atoms with Crippen molar-refractivity contribution in [3.8, 4) is 0 Å². The van der Waals surface area contributed by atoms with Gasteiger partial charge in [-0.15, -0.1) is 0 Å². The van der Waals surface area contributed by atoms with Crippen LogP contribution in [0, 0.1) is 17.8 Å². The third-order valence-corrected chi connectivity index (χ3v) is 13.3. The van der Waals surface area contributed by atoms with Crippen molar-refractivity contribution in [2.45, 2.75) is 163 Å². The number of benzene rings is 1. The predicted molar refractivity (Wildman–Crippen MR) is 238 cm³/mol. The number of unbranched alkanes of at least 4 members (excludes halogenated alkanes) is 7. The van der Waals surface area contributed by atoms with Gasteiger partial charge in [0.2, 0.25) is 0 Å². The molecule has 0 fully saturated rings. The van der Waals surface area contributed by atoms with Crippen LogP contribution >= 0.6 is 21.6 Å². The second-order valence-corrected chi connectivity index (χ2v) is 19.0. The van der Waals surface area contributed by atoms with E-state index < -0.39 is 0 Å². The Balaban J connectivity index is 1.74. The van der Waals surface area contributed by atoms with Gasteiger partial charge in [0.05, 0.1) is 0 Å². The average Bonchev–Trinajstić information content (AvgIpc) is 3.12. The van der Waals surface area contributed by atoms with Crippen molar-refractivity contribution in [3.05, 3.63) is 81.8 Å². The smallest absolute Gasteiger partial charge is 0.190 e. The van der Waals surface area contributed by atoms with E-state index in [-0.39, 0.29) is 11.6 Å². The molecular weight excluding hydrogens is 687 g/mol. The number of rotatable bonds is 31. The molecule has 1 aromatic rings. The number of hydrogen-bond acceptors (Lipinski definition) is 5.